The van der Waals surface area contributed by atoms with Crippen molar-refractivity contribution in [3.8, 4) is 0 Å². The number of hydrogen-bond acceptors (Lipinski definition) is 6. The molecule has 1 unspecified atom stereocenters. The van der Waals surface area contributed by atoms with Gasteiger partial charge in [-0.05, 0) is 98.0 Å². The molecular weight excluding hydrogens is 468 g/mol. The highest BCUT2D eigenvalue weighted by Crippen LogP contribution is 2.87. The molecule has 0 aromatic rings. The normalized spacial score (nSPS) is 45.9. The highest BCUT2D eigenvalue weighted by Gasteiger charge is 2.82. The highest BCUT2D eigenvalue weighted by molar-refractivity contribution is 5.96. The van der Waals surface area contributed by atoms with Gasteiger partial charge in [-0.2, -0.15) is 0 Å². The van der Waals surface area contributed by atoms with E-state index in [9.17, 15) is 19.2 Å². The SMILES string of the molecule is CC(=O)O[C@H]1C[C@@]2(C)[C@@H]3CC[C@H]4[C@H](C)C(=O)C=C[C@@]45C[C@@]35CC[C@]2(C)C1[C@@H](OC(C)=O)C(=O)C=C(C)C. The Hall–Kier alpha value is -2.24. The number of allylic oxidation sites excluding steroid dienone is 3. The zero-order chi connectivity index (χ0) is 27.1. The fourth-order valence-corrected chi connectivity index (χ4v) is 10.1. The van der Waals surface area contributed by atoms with Crippen LogP contribution in [0.1, 0.15) is 87.0 Å². The fraction of sp³-hybridized carbons (Fsp3) is 0.742. The Kier molecular flexibility index (Phi) is 5.97. The summed E-state index contributed by atoms with van der Waals surface area (Å²) in [4.78, 5) is 50.6. The van der Waals surface area contributed by atoms with Gasteiger partial charge in [0.15, 0.2) is 17.7 Å². The molecule has 10 atom stereocenters. The molecule has 37 heavy (non-hydrogen) atoms. The molecule has 0 aromatic heterocycles. The van der Waals surface area contributed by atoms with Crippen LogP contribution >= 0.6 is 0 Å². The zero-order valence-corrected chi connectivity index (χ0v) is 23.4. The number of rotatable bonds is 5. The van der Waals surface area contributed by atoms with Crippen LogP contribution in [0.5, 0.6) is 0 Å². The highest BCUT2D eigenvalue weighted by atomic mass is 16.6. The van der Waals surface area contributed by atoms with Crippen molar-refractivity contribution in [1.82, 2.24) is 0 Å². The maximum atomic E-state index is 13.5. The first-order valence-corrected chi connectivity index (χ1v) is 14.0. The van der Waals surface area contributed by atoms with Crippen molar-refractivity contribution in [3.63, 3.8) is 0 Å². The van der Waals surface area contributed by atoms with Crippen molar-refractivity contribution in [2.45, 2.75) is 99.2 Å². The quantitative estimate of drug-likeness (QED) is 0.364. The van der Waals surface area contributed by atoms with E-state index in [0.29, 0.717) is 18.3 Å². The van der Waals surface area contributed by atoms with E-state index in [4.69, 9.17) is 9.47 Å². The average molecular weight is 511 g/mol. The van der Waals surface area contributed by atoms with E-state index in [-0.39, 0.29) is 45.1 Å². The molecule has 0 N–H and O–H groups in total. The molecule has 0 saturated heterocycles. The standard InChI is InChI=1S/C31H42O6/c1-17(2)14-23(35)27(37-20(5)33)26-24(36-19(4)32)15-29(7)25-9-8-21-18(3)22(34)10-11-30(21)16-31(25,30)13-12-28(26,29)6/h10-11,14,18,21,24-27H,8-9,12-13,15-16H2,1-7H3/t18-,21-,24-,25-,26?,27-,28+,29-,30+,31-/m0/s1. The Bertz CT molecular complexity index is 1110. The van der Waals surface area contributed by atoms with Gasteiger partial charge in [-0.25, -0.2) is 0 Å². The van der Waals surface area contributed by atoms with Crippen molar-refractivity contribution < 1.29 is 28.7 Å². The van der Waals surface area contributed by atoms with Gasteiger partial charge in [0.05, 0.1) is 0 Å². The lowest BCUT2D eigenvalue weighted by Gasteiger charge is -2.60. The summed E-state index contributed by atoms with van der Waals surface area (Å²) in [6.07, 6.45) is 9.83. The van der Waals surface area contributed by atoms with Crippen LogP contribution in [-0.2, 0) is 28.7 Å². The number of ketones is 2. The Labute approximate surface area is 220 Å². The molecule has 0 amide bonds. The topological polar surface area (TPSA) is 86.7 Å². The first-order valence-electron chi connectivity index (χ1n) is 14.0. The molecular formula is C31H42O6. The smallest absolute Gasteiger partial charge is 0.303 e. The monoisotopic (exact) mass is 510 g/mol. The summed E-state index contributed by atoms with van der Waals surface area (Å²) in [5, 5.41) is 0. The van der Waals surface area contributed by atoms with E-state index >= 15 is 0 Å². The minimum atomic E-state index is -0.991. The minimum Gasteiger partial charge on any atom is -0.462 e. The van der Waals surface area contributed by atoms with E-state index in [1.807, 2.05) is 19.9 Å². The number of ether oxygens (including phenoxy) is 2. The molecule has 0 heterocycles. The van der Waals surface area contributed by atoms with Crippen LogP contribution in [0.4, 0.5) is 0 Å². The number of hydrogen-bond donors (Lipinski definition) is 0. The first kappa shape index (κ1) is 26.4. The Balaban J connectivity index is 1.58. The van der Waals surface area contributed by atoms with E-state index in [1.54, 1.807) is 6.08 Å². The number of fused-ring (bicyclic) bond motifs is 2. The Morgan fingerprint density at radius 2 is 1.73 bits per heavy atom. The predicted molar refractivity (Wildman–Crippen MR) is 138 cm³/mol. The third kappa shape index (κ3) is 3.49. The summed E-state index contributed by atoms with van der Waals surface area (Å²) < 4.78 is 11.7. The van der Waals surface area contributed by atoms with Crippen molar-refractivity contribution >= 4 is 23.5 Å². The van der Waals surface area contributed by atoms with Gasteiger partial charge < -0.3 is 9.47 Å². The maximum absolute atomic E-state index is 13.5. The minimum absolute atomic E-state index is 0.0617. The van der Waals surface area contributed by atoms with Gasteiger partial charge in [-0.3, -0.25) is 19.2 Å². The second-order valence-electron chi connectivity index (χ2n) is 13.5. The van der Waals surface area contributed by atoms with Crippen LogP contribution in [0.3, 0.4) is 0 Å². The Morgan fingerprint density at radius 1 is 1.03 bits per heavy atom. The zero-order valence-electron chi connectivity index (χ0n) is 23.4. The second kappa shape index (κ2) is 8.38. The lowest BCUT2D eigenvalue weighted by Crippen LogP contribution is -2.56. The fourth-order valence-electron chi connectivity index (χ4n) is 10.1. The van der Waals surface area contributed by atoms with Gasteiger partial charge in [-0.15, -0.1) is 0 Å². The lowest BCUT2D eigenvalue weighted by molar-refractivity contribution is -0.172. The van der Waals surface area contributed by atoms with Crippen LogP contribution in [0.2, 0.25) is 0 Å². The van der Waals surface area contributed by atoms with E-state index in [0.717, 1.165) is 37.7 Å². The summed E-state index contributed by atoms with van der Waals surface area (Å²) in [7, 11) is 0. The summed E-state index contributed by atoms with van der Waals surface area (Å²) in [5.74, 6) is -0.436. The number of esters is 2. The summed E-state index contributed by atoms with van der Waals surface area (Å²) in [6, 6.07) is 0. The van der Waals surface area contributed by atoms with E-state index in [2.05, 4.69) is 26.8 Å². The third-order valence-electron chi connectivity index (χ3n) is 11.7. The molecule has 4 saturated carbocycles. The van der Waals surface area contributed by atoms with Gasteiger partial charge >= 0.3 is 11.9 Å². The van der Waals surface area contributed by atoms with E-state index < -0.39 is 24.1 Å². The van der Waals surface area contributed by atoms with Gasteiger partial charge in [0, 0.05) is 25.7 Å². The predicted octanol–water partition coefficient (Wildman–Crippen LogP) is 5.39. The van der Waals surface area contributed by atoms with Crippen LogP contribution in [0.25, 0.3) is 0 Å². The van der Waals surface area contributed by atoms with Crippen molar-refractivity contribution in [1.29, 1.82) is 0 Å². The summed E-state index contributed by atoms with van der Waals surface area (Å²) >= 11 is 0. The maximum Gasteiger partial charge on any atom is 0.303 e. The molecule has 0 bridgehead atoms. The number of carbonyl (C=O) groups excluding carboxylic acids is 4. The average Bonchev–Trinajstić information content (AvgIpc) is 3.39. The summed E-state index contributed by atoms with van der Waals surface area (Å²) in [6.45, 7) is 13.1. The molecule has 0 aliphatic heterocycles. The molecule has 5 aliphatic rings. The molecule has 202 valence electrons. The van der Waals surface area contributed by atoms with Crippen LogP contribution in [0.15, 0.2) is 23.8 Å². The Morgan fingerprint density at radius 3 is 2.35 bits per heavy atom. The third-order valence-corrected chi connectivity index (χ3v) is 11.7. The van der Waals surface area contributed by atoms with Crippen LogP contribution < -0.4 is 0 Å². The molecule has 5 rings (SSSR count). The first-order chi connectivity index (χ1) is 17.2. The number of carbonyl (C=O) groups is 4. The molecule has 6 nitrogen and oxygen atoms in total. The van der Waals surface area contributed by atoms with Gasteiger partial charge in [0.2, 0.25) is 0 Å². The lowest BCUT2D eigenvalue weighted by atomic mass is 9.43. The van der Waals surface area contributed by atoms with Crippen LogP contribution in [-0.4, -0.2) is 35.7 Å². The van der Waals surface area contributed by atoms with E-state index in [1.165, 1.54) is 13.8 Å². The molecule has 2 spiro atoms. The van der Waals surface area contributed by atoms with Gasteiger partial charge in [0.25, 0.3) is 0 Å². The molecule has 5 aliphatic carbocycles. The van der Waals surface area contributed by atoms with Crippen molar-refractivity contribution in [2.75, 3.05) is 0 Å². The van der Waals surface area contributed by atoms with Gasteiger partial charge in [-0.1, -0.05) is 32.4 Å². The van der Waals surface area contributed by atoms with Crippen LogP contribution in [0, 0.1) is 45.3 Å². The second-order valence-corrected chi connectivity index (χ2v) is 13.5. The molecule has 4 fully saturated rings. The molecule has 6 heteroatoms. The van der Waals surface area contributed by atoms with Gasteiger partial charge in [0.1, 0.15) is 6.10 Å². The molecule has 0 aromatic carbocycles. The molecule has 0 radical (unpaired) electrons. The largest absolute Gasteiger partial charge is 0.462 e. The van der Waals surface area contributed by atoms with Crippen molar-refractivity contribution in [2.24, 2.45) is 45.3 Å². The van der Waals surface area contributed by atoms with Crippen molar-refractivity contribution in [3.05, 3.63) is 23.8 Å². The summed E-state index contributed by atoms with van der Waals surface area (Å²) in [5.41, 5.74) is 0.505.